The summed E-state index contributed by atoms with van der Waals surface area (Å²) in [6.07, 6.45) is 0.191. The van der Waals surface area contributed by atoms with E-state index in [4.69, 9.17) is 9.47 Å². The van der Waals surface area contributed by atoms with E-state index in [-0.39, 0.29) is 18.0 Å². The van der Waals surface area contributed by atoms with Gasteiger partial charge in [-0.2, -0.15) is 0 Å². The summed E-state index contributed by atoms with van der Waals surface area (Å²) in [4.78, 5) is 23.3. The molecule has 0 unspecified atom stereocenters. The molecule has 3 amide bonds. The van der Waals surface area contributed by atoms with Gasteiger partial charge in [0, 0.05) is 25.2 Å². The van der Waals surface area contributed by atoms with Crippen LogP contribution in [0, 0.1) is 0 Å². The van der Waals surface area contributed by atoms with Crippen LogP contribution in [0.2, 0.25) is 0 Å². The van der Waals surface area contributed by atoms with E-state index in [1.807, 2.05) is 38.1 Å². The van der Waals surface area contributed by atoms with Crippen LogP contribution in [-0.4, -0.2) is 25.2 Å². The molecule has 2 aromatic rings. The van der Waals surface area contributed by atoms with Crippen molar-refractivity contribution in [3.63, 3.8) is 0 Å². The van der Waals surface area contributed by atoms with Crippen LogP contribution in [0.3, 0.4) is 0 Å². The Morgan fingerprint density at radius 1 is 1.00 bits per heavy atom. The topological polar surface area (TPSA) is 88.7 Å². The second-order valence-corrected chi connectivity index (χ2v) is 6.58. The fourth-order valence-corrected chi connectivity index (χ4v) is 2.44. The maximum Gasteiger partial charge on any atom is 0.319 e. The van der Waals surface area contributed by atoms with Crippen molar-refractivity contribution in [2.24, 2.45) is 0 Å². The number of methoxy groups -OCH3 is 1. The normalized spacial score (nSPS) is 10.5. The minimum Gasteiger partial charge on any atom is -0.494 e. The fraction of sp³-hybridized carbons (Fsp3) is 0.333. The molecule has 150 valence electrons. The SMILES string of the molecule is COc1cc(NC(=O)NCc2ccc(COC(C)C)cc2)ccc1NC(C)=O. The van der Waals surface area contributed by atoms with Crippen molar-refractivity contribution < 1.29 is 19.1 Å². The van der Waals surface area contributed by atoms with Gasteiger partial charge in [0.1, 0.15) is 5.75 Å². The molecule has 0 aliphatic carbocycles. The summed E-state index contributed by atoms with van der Waals surface area (Å²) in [5, 5.41) is 8.23. The Morgan fingerprint density at radius 2 is 1.68 bits per heavy atom. The lowest BCUT2D eigenvalue weighted by Gasteiger charge is -2.12. The van der Waals surface area contributed by atoms with Gasteiger partial charge in [0.2, 0.25) is 5.91 Å². The average molecular weight is 385 g/mol. The largest absolute Gasteiger partial charge is 0.494 e. The summed E-state index contributed by atoms with van der Waals surface area (Å²) >= 11 is 0. The van der Waals surface area contributed by atoms with Gasteiger partial charge in [-0.1, -0.05) is 24.3 Å². The number of nitrogens with one attached hydrogen (secondary N) is 3. The second-order valence-electron chi connectivity index (χ2n) is 6.58. The van der Waals surface area contributed by atoms with E-state index in [9.17, 15) is 9.59 Å². The second kappa shape index (κ2) is 10.3. The molecule has 3 N–H and O–H groups in total. The summed E-state index contributed by atoms with van der Waals surface area (Å²) in [7, 11) is 1.50. The minimum atomic E-state index is -0.332. The summed E-state index contributed by atoms with van der Waals surface area (Å²) in [6.45, 7) is 6.39. The van der Waals surface area contributed by atoms with Crippen LogP contribution in [0.15, 0.2) is 42.5 Å². The van der Waals surface area contributed by atoms with Crippen molar-refractivity contribution >= 4 is 23.3 Å². The van der Waals surface area contributed by atoms with Crippen molar-refractivity contribution in [1.29, 1.82) is 0 Å². The number of urea groups is 1. The predicted octanol–water partition coefficient (Wildman–Crippen LogP) is 3.90. The molecule has 0 spiro atoms. The molecular formula is C21H27N3O4. The predicted molar refractivity (Wildman–Crippen MR) is 110 cm³/mol. The zero-order valence-corrected chi connectivity index (χ0v) is 16.7. The van der Waals surface area contributed by atoms with E-state index in [1.54, 1.807) is 18.2 Å². The van der Waals surface area contributed by atoms with E-state index in [0.29, 0.717) is 30.3 Å². The molecule has 7 heteroatoms. The van der Waals surface area contributed by atoms with Gasteiger partial charge in [0.05, 0.1) is 25.5 Å². The standard InChI is InChI=1S/C21H27N3O4/c1-14(2)28-13-17-7-5-16(6-8-17)12-22-21(26)24-18-9-10-19(23-15(3)25)20(11-18)27-4/h5-11,14H,12-13H2,1-4H3,(H,23,25)(H2,22,24,26). The third kappa shape index (κ3) is 6.92. The number of hydrogen-bond donors (Lipinski definition) is 3. The highest BCUT2D eigenvalue weighted by atomic mass is 16.5. The lowest BCUT2D eigenvalue weighted by atomic mass is 10.1. The van der Waals surface area contributed by atoms with Crippen LogP contribution < -0.4 is 20.7 Å². The summed E-state index contributed by atoms with van der Waals surface area (Å²) in [6, 6.07) is 12.6. The van der Waals surface area contributed by atoms with Crippen molar-refractivity contribution in [3.8, 4) is 5.75 Å². The van der Waals surface area contributed by atoms with E-state index in [0.717, 1.165) is 11.1 Å². The molecular weight excluding hydrogens is 358 g/mol. The molecule has 0 fully saturated rings. The molecule has 28 heavy (non-hydrogen) atoms. The number of anilines is 2. The van der Waals surface area contributed by atoms with Gasteiger partial charge in [-0.05, 0) is 37.1 Å². The molecule has 0 heterocycles. The van der Waals surface area contributed by atoms with Crippen LogP contribution in [0.4, 0.5) is 16.2 Å². The monoisotopic (exact) mass is 385 g/mol. The van der Waals surface area contributed by atoms with Gasteiger partial charge in [-0.25, -0.2) is 4.79 Å². The number of carbonyl (C=O) groups excluding carboxylic acids is 2. The van der Waals surface area contributed by atoms with Gasteiger partial charge in [0.15, 0.2) is 0 Å². The lowest BCUT2D eigenvalue weighted by Crippen LogP contribution is -2.28. The zero-order valence-electron chi connectivity index (χ0n) is 16.7. The molecule has 2 aromatic carbocycles. The fourth-order valence-electron chi connectivity index (χ4n) is 2.44. The van der Waals surface area contributed by atoms with Crippen LogP contribution in [0.25, 0.3) is 0 Å². The Kier molecular flexibility index (Phi) is 7.83. The third-order valence-corrected chi connectivity index (χ3v) is 3.83. The quantitative estimate of drug-likeness (QED) is 0.643. The molecule has 0 saturated heterocycles. The molecule has 0 aliphatic rings. The van der Waals surface area contributed by atoms with Crippen molar-refractivity contribution in [2.45, 2.75) is 40.0 Å². The van der Waals surface area contributed by atoms with Gasteiger partial charge >= 0.3 is 6.03 Å². The van der Waals surface area contributed by atoms with Gasteiger partial charge in [-0.15, -0.1) is 0 Å². The van der Waals surface area contributed by atoms with Crippen LogP contribution >= 0.6 is 0 Å². The molecule has 0 aliphatic heterocycles. The maximum absolute atomic E-state index is 12.1. The Hall–Kier alpha value is -3.06. The molecule has 0 radical (unpaired) electrons. The first-order chi connectivity index (χ1) is 13.4. The highest BCUT2D eigenvalue weighted by molar-refractivity contribution is 5.93. The van der Waals surface area contributed by atoms with Crippen LogP contribution in [-0.2, 0) is 22.7 Å². The highest BCUT2D eigenvalue weighted by Crippen LogP contribution is 2.27. The summed E-state index contributed by atoms with van der Waals surface area (Å²) in [5.41, 5.74) is 3.18. The Morgan fingerprint density at radius 3 is 2.29 bits per heavy atom. The molecule has 0 bridgehead atoms. The molecule has 2 rings (SSSR count). The first-order valence-corrected chi connectivity index (χ1v) is 9.07. The molecule has 0 aromatic heterocycles. The number of benzene rings is 2. The van der Waals surface area contributed by atoms with Gasteiger partial charge < -0.3 is 25.4 Å². The molecule has 0 saturated carbocycles. The van der Waals surface area contributed by atoms with Crippen molar-refractivity contribution in [3.05, 3.63) is 53.6 Å². The van der Waals surface area contributed by atoms with Crippen LogP contribution in [0.1, 0.15) is 31.9 Å². The Balaban J connectivity index is 1.87. The number of carbonyl (C=O) groups is 2. The van der Waals surface area contributed by atoms with E-state index in [2.05, 4.69) is 16.0 Å². The van der Waals surface area contributed by atoms with E-state index >= 15 is 0 Å². The summed E-state index contributed by atoms with van der Waals surface area (Å²) in [5.74, 6) is 0.269. The van der Waals surface area contributed by atoms with E-state index in [1.165, 1.54) is 14.0 Å². The number of amides is 3. The van der Waals surface area contributed by atoms with Gasteiger partial charge in [-0.3, -0.25) is 4.79 Å². The Bertz CT molecular complexity index is 804. The lowest BCUT2D eigenvalue weighted by molar-refractivity contribution is -0.114. The minimum absolute atomic E-state index is 0.191. The smallest absolute Gasteiger partial charge is 0.319 e. The Labute approximate surface area is 165 Å². The van der Waals surface area contributed by atoms with Crippen molar-refractivity contribution in [2.75, 3.05) is 17.7 Å². The molecule has 7 nitrogen and oxygen atoms in total. The van der Waals surface area contributed by atoms with E-state index < -0.39 is 0 Å². The third-order valence-electron chi connectivity index (χ3n) is 3.83. The first-order valence-electron chi connectivity index (χ1n) is 9.07. The van der Waals surface area contributed by atoms with Crippen LogP contribution in [0.5, 0.6) is 5.75 Å². The highest BCUT2D eigenvalue weighted by Gasteiger charge is 2.08. The zero-order chi connectivity index (χ0) is 20.5. The van der Waals surface area contributed by atoms with Gasteiger partial charge in [0.25, 0.3) is 0 Å². The number of hydrogen-bond acceptors (Lipinski definition) is 4. The number of ether oxygens (including phenoxy) is 2. The maximum atomic E-state index is 12.1. The first kappa shape index (κ1) is 21.2. The summed E-state index contributed by atoms with van der Waals surface area (Å²) < 4.78 is 10.8. The van der Waals surface area contributed by atoms with Crippen molar-refractivity contribution in [1.82, 2.24) is 5.32 Å². The molecule has 0 atom stereocenters. The number of rotatable bonds is 8. The average Bonchev–Trinajstić information content (AvgIpc) is 2.66.